The number of para-hydroxylation sites is 1. The van der Waals surface area contributed by atoms with E-state index in [9.17, 15) is 4.79 Å². The van der Waals surface area contributed by atoms with Crippen molar-refractivity contribution in [2.24, 2.45) is 11.3 Å². The lowest BCUT2D eigenvalue weighted by Gasteiger charge is -2.28. The number of benzene rings is 3. The Hall–Kier alpha value is -3.29. The number of carbonyl (C=O) groups excluding carboxylic acids is 1. The first kappa shape index (κ1) is 21.9. The van der Waals surface area contributed by atoms with Gasteiger partial charge in [0.05, 0.1) is 28.2 Å². The van der Waals surface area contributed by atoms with Gasteiger partial charge in [-0.2, -0.15) is 5.10 Å². The number of H-pyrrole nitrogens is 1. The third-order valence-electron chi connectivity index (χ3n) is 7.81. The second-order valence-corrected chi connectivity index (χ2v) is 11.1. The summed E-state index contributed by atoms with van der Waals surface area (Å²) >= 11 is 3.77. The number of hydrogen-bond donors (Lipinski definition) is 2. The maximum atomic E-state index is 13.5. The topological polar surface area (TPSA) is 75.6 Å². The van der Waals surface area contributed by atoms with Gasteiger partial charge in [0.25, 0.3) is 0 Å². The molecule has 3 aromatic carbocycles. The first-order chi connectivity index (χ1) is 17.6. The molecule has 0 spiro atoms. The number of aromatic amines is 1. The molecule has 7 rings (SSSR count). The molecule has 1 atom stereocenters. The lowest BCUT2D eigenvalue weighted by molar-refractivity contribution is -0.129. The molecule has 0 amide bonds. The summed E-state index contributed by atoms with van der Waals surface area (Å²) in [7, 11) is 0. The summed E-state index contributed by atoms with van der Waals surface area (Å²) in [5.74, 6) is 1.57. The number of nitrogens with one attached hydrogen (secondary N) is 2. The number of halogens is 1. The summed E-state index contributed by atoms with van der Waals surface area (Å²) in [5.41, 5.74) is 5.99. The Labute approximate surface area is 217 Å². The summed E-state index contributed by atoms with van der Waals surface area (Å²) in [6.45, 7) is 2.27. The molecule has 7 heteroatoms. The van der Waals surface area contributed by atoms with Crippen LogP contribution in [0.25, 0.3) is 44.5 Å². The Morgan fingerprint density at radius 1 is 1.06 bits per heavy atom. The standard InChI is InChI=1S/C29H26BrN5O/c30-23-2-1-3-25-26(23)35(17-29(12-13-31-16-29)27(36)19-6-7-19)28(33-25)20-8-4-18(5-9-20)21-10-11-24-22(14-21)15-32-34-24/h1-5,8-11,14-15,19,31H,6-7,12-13,16-17H2,(H,32,34)/t29-/m0/s1. The van der Waals surface area contributed by atoms with E-state index < -0.39 is 0 Å². The van der Waals surface area contributed by atoms with Crippen LogP contribution in [0.2, 0.25) is 0 Å². The van der Waals surface area contributed by atoms with Gasteiger partial charge in [0, 0.05) is 34.4 Å². The second kappa shape index (κ2) is 8.39. The molecule has 0 bridgehead atoms. The van der Waals surface area contributed by atoms with Gasteiger partial charge in [0.1, 0.15) is 11.6 Å². The van der Waals surface area contributed by atoms with Gasteiger partial charge in [0.2, 0.25) is 0 Å². The molecule has 1 saturated heterocycles. The molecule has 2 aromatic heterocycles. The van der Waals surface area contributed by atoms with E-state index in [0.717, 1.165) is 81.3 Å². The molecule has 2 fully saturated rings. The van der Waals surface area contributed by atoms with Crippen molar-refractivity contribution in [3.05, 3.63) is 71.3 Å². The van der Waals surface area contributed by atoms with Crippen LogP contribution >= 0.6 is 15.9 Å². The Balaban J connectivity index is 1.31. The van der Waals surface area contributed by atoms with E-state index in [4.69, 9.17) is 4.98 Å². The second-order valence-electron chi connectivity index (χ2n) is 10.2. The predicted molar refractivity (Wildman–Crippen MR) is 146 cm³/mol. The largest absolute Gasteiger partial charge is 0.322 e. The molecule has 3 heterocycles. The van der Waals surface area contributed by atoms with Crippen LogP contribution in [0.4, 0.5) is 0 Å². The van der Waals surface area contributed by atoms with E-state index in [1.165, 1.54) is 0 Å². The minimum atomic E-state index is -0.376. The maximum Gasteiger partial charge on any atom is 0.145 e. The third-order valence-corrected chi connectivity index (χ3v) is 8.45. The van der Waals surface area contributed by atoms with Crippen molar-refractivity contribution in [1.82, 2.24) is 25.1 Å². The van der Waals surface area contributed by atoms with Crippen molar-refractivity contribution in [2.75, 3.05) is 13.1 Å². The molecule has 5 aromatic rings. The first-order valence-corrected chi connectivity index (χ1v) is 13.3. The summed E-state index contributed by atoms with van der Waals surface area (Å²) in [5, 5.41) is 11.7. The molecule has 1 aliphatic heterocycles. The number of rotatable bonds is 6. The van der Waals surface area contributed by atoms with Crippen LogP contribution in [-0.2, 0) is 11.3 Å². The van der Waals surface area contributed by atoms with Gasteiger partial charge in [0.15, 0.2) is 0 Å². The maximum absolute atomic E-state index is 13.5. The average molecular weight is 540 g/mol. The van der Waals surface area contributed by atoms with E-state index in [-0.39, 0.29) is 11.3 Å². The number of hydrogen-bond acceptors (Lipinski definition) is 4. The summed E-state index contributed by atoms with van der Waals surface area (Å²) in [6, 6.07) is 21.0. The molecular formula is C29H26BrN5O. The number of Topliss-reactive ketones (excluding diaryl/α,β-unsaturated/α-hetero) is 1. The summed E-state index contributed by atoms with van der Waals surface area (Å²) in [6.07, 6.45) is 4.80. The zero-order chi connectivity index (χ0) is 24.3. The van der Waals surface area contributed by atoms with E-state index in [1.54, 1.807) is 0 Å². The number of aromatic nitrogens is 4. The van der Waals surface area contributed by atoms with Gasteiger partial charge in [-0.1, -0.05) is 36.4 Å². The van der Waals surface area contributed by atoms with Crippen molar-refractivity contribution in [1.29, 1.82) is 0 Å². The SMILES string of the molecule is O=C(C1CC1)[C@@]1(Cn2c(-c3ccc(-c4ccc5[nH]ncc5c4)cc3)nc3cccc(Br)c32)CCNC1. The highest BCUT2D eigenvalue weighted by molar-refractivity contribution is 9.10. The Morgan fingerprint density at radius 3 is 2.64 bits per heavy atom. The van der Waals surface area contributed by atoms with Crippen molar-refractivity contribution < 1.29 is 4.79 Å². The Morgan fingerprint density at radius 2 is 1.86 bits per heavy atom. The van der Waals surface area contributed by atoms with Gasteiger partial charge in [-0.15, -0.1) is 0 Å². The van der Waals surface area contributed by atoms with Gasteiger partial charge < -0.3 is 9.88 Å². The fraction of sp³-hybridized carbons (Fsp3) is 0.276. The highest BCUT2D eigenvalue weighted by Gasteiger charge is 2.48. The van der Waals surface area contributed by atoms with Crippen LogP contribution in [0.5, 0.6) is 0 Å². The smallest absolute Gasteiger partial charge is 0.145 e. The highest BCUT2D eigenvalue weighted by atomic mass is 79.9. The quantitative estimate of drug-likeness (QED) is 0.279. The van der Waals surface area contributed by atoms with Crippen LogP contribution in [-0.4, -0.2) is 38.6 Å². The number of carbonyl (C=O) groups is 1. The number of imidazole rings is 1. The zero-order valence-corrected chi connectivity index (χ0v) is 21.4. The molecule has 2 aliphatic rings. The Kier molecular flexibility index (Phi) is 5.11. The summed E-state index contributed by atoms with van der Waals surface area (Å²) in [4.78, 5) is 18.6. The molecule has 0 unspecified atom stereocenters. The Bertz CT molecular complexity index is 1610. The van der Waals surface area contributed by atoms with E-state index in [1.807, 2.05) is 12.3 Å². The molecular weight excluding hydrogens is 514 g/mol. The molecule has 36 heavy (non-hydrogen) atoms. The van der Waals surface area contributed by atoms with Gasteiger partial charge >= 0.3 is 0 Å². The van der Waals surface area contributed by atoms with E-state index in [2.05, 4.69) is 90.6 Å². The molecule has 180 valence electrons. The first-order valence-electron chi connectivity index (χ1n) is 12.6. The van der Waals surface area contributed by atoms with E-state index >= 15 is 0 Å². The molecule has 2 N–H and O–H groups in total. The molecule has 0 radical (unpaired) electrons. The number of fused-ring (bicyclic) bond motifs is 2. The van der Waals surface area contributed by atoms with Crippen molar-refractivity contribution in [2.45, 2.75) is 25.8 Å². The fourth-order valence-electron chi connectivity index (χ4n) is 5.70. The van der Waals surface area contributed by atoms with Crippen LogP contribution in [0.3, 0.4) is 0 Å². The van der Waals surface area contributed by atoms with Gasteiger partial charge in [-0.05, 0) is 77.1 Å². The van der Waals surface area contributed by atoms with E-state index in [0.29, 0.717) is 12.3 Å². The van der Waals surface area contributed by atoms with Gasteiger partial charge in [-0.25, -0.2) is 4.98 Å². The van der Waals surface area contributed by atoms with Gasteiger partial charge in [-0.3, -0.25) is 9.89 Å². The molecule has 1 aliphatic carbocycles. The minimum absolute atomic E-state index is 0.235. The lowest BCUT2D eigenvalue weighted by atomic mass is 9.80. The number of nitrogens with zero attached hydrogens (tertiary/aromatic N) is 3. The lowest BCUT2D eigenvalue weighted by Crippen LogP contribution is -2.39. The van der Waals surface area contributed by atoms with Crippen molar-refractivity contribution in [3.63, 3.8) is 0 Å². The third kappa shape index (κ3) is 3.61. The van der Waals surface area contributed by atoms with Crippen LogP contribution in [0, 0.1) is 11.3 Å². The normalized spacial score (nSPS) is 19.9. The minimum Gasteiger partial charge on any atom is -0.322 e. The fourth-order valence-corrected chi connectivity index (χ4v) is 6.27. The molecule has 1 saturated carbocycles. The zero-order valence-electron chi connectivity index (χ0n) is 19.8. The monoisotopic (exact) mass is 539 g/mol. The average Bonchev–Trinajstić information content (AvgIpc) is 3.28. The van der Waals surface area contributed by atoms with Crippen LogP contribution < -0.4 is 5.32 Å². The van der Waals surface area contributed by atoms with Crippen molar-refractivity contribution >= 4 is 43.6 Å². The number of ketones is 1. The highest BCUT2D eigenvalue weighted by Crippen LogP contribution is 2.43. The van der Waals surface area contributed by atoms with Crippen LogP contribution in [0.1, 0.15) is 19.3 Å². The van der Waals surface area contributed by atoms with Crippen molar-refractivity contribution in [3.8, 4) is 22.5 Å². The molecule has 6 nitrogen and oxygen atoms in total. The summed E-state index contributed by atoms with van der Waals surface area (Å²) < 4.78 is 3.28. The van der Waals surface area contributed by atoms with Crippen LogP contribution in [0.15, 0.2) is 71.3 Å². The predicted octanol–water partition coefficient (Wildman–Crippen LogP) is 5.97.